The van der Waals surface area contributed by atoms with Gasteiger partial charge in [0.05, 0.1) is 5.25 Å². The van der Waals surface area contributed by atoms with E-state index < -0.39 is 5.72 Å². The van der Waals surface area contributed by atoms with Crippen molar-refractivity contribution in [2.24, 2.45) is 4.99 Å². The Morgan fingerprint density at radius 1 is 1.00 bits per heavy atom. The Labute approximate surface area is 141 Å². The Morgan fingerprint density at radius 3 is 2.43 bits per heavy atom. The van der Waals surface area contributed by atoms with Crippen LogP contribution in [-0.4, -0.2) is 28.3 Å². The van der Waals surface area contributed by atoms with E-state index in [4.69, 9.17) is 4.99 Å². The molecule has 4 heteroatoms. The summed E-state index contributed by atoms with van der Waals surface area (Å²) >= 11 is 1.69. The van der Waals surface area contributed by atoms with Gasteiger partial charge in [-0.2, -0.15) is 0 Å². The number of hydrogen-bond acceptors (Lipinski definition) is 4. The smallest absolute Gasteiger partial charge is 0.182 e. The highest BCUT2D eigenvalue weighted by molar-refractivity contribution is 8.14. The van der Waals surface area contributed by atoms with Gasteiger partial charge in [0.15, 0.2) is 10.9 Å². The lowest BCUT2D eigenvalue weighted by atomic mass is 9.92. The largest absolute Gasteiger partial charge is 0.365 e. The van der Waals surface area contributed by atoms with Crippen molar-refractivity contribution in [1.29, 1.82) is 0 Å². The summed E-state index contributed by atoms with van der Waals surface area (Å²) in [6.45, 7) is 1.70. The lowest BCUT2D eigenvalue weighted by molar-refractivity contribution is -0.0712. The molecule has 1 fully saturated rings. The maximum absolute atomic E-state index is 11.8. The van der Waals surface area contributed by atoms with E-state index in [2.05, 4.69) is 17.0 Å². The van der Waals surface area contributed by atoms with Crippen molar-refractivity contribution < 1.29 is 5.11 Å². The van der Waals surface area contributed by atoms with E-state index in [1.807, 2.05) is 48.5 Å². The highest BCUT2D eigenvalue weighted by Gasteiger charge is 2.53. The fourth-order valence-corrected chi connectivity index (χ4v) is 4.86. The van der Waals surface area contributed by atoms with Gasteiger partial charge in [-0.25, -0.2) is 0 Å². The molecule has 2 aliphatic rings. The summed E-state index contributed by atoms with van der Waals surface area (Å²) in [5, 5.41) is 12.7. The van der Waals surface area contributed by atoms with Gasteiger partial charge < -0.3 is 10.0 Å². The van der Waals surface area contributed by atoms with Gasteiger partial charge in [0.1, 0.15) is 0 Å². The third-order valence-electron chi connectivity index (χ3n) is 4.57. The van der Waals surface area contributed by atoms with Crippen molar-refractivity contribution in [1.82, 2.24) is 4.90 Å². The quantitative estimate of drug-likeness (QED) is 0.913. The van der Waals surface area contributed by atoms with Crippen LogP contribution in [0.15, 0.2) is 65.7 Å². The monoisotopic (exact) mass is 324 g/mol. The second kappa shape index (κ2) is 6.02. The zero-order valence-corrected chi connectivity index (χ0v) is 13.7. The Kier molecular flexibility index (Phi) is 3.87. The van der Waals surface area contributed by atoms with Gasteiger partial charge in [-0.05, 0) is 18.4 Å². The molecule has 0 radical (unpaired) electrons. The molecular formula is C19H20N2OS. The highest BCUT2D eigenvalue weighted by Crippen LogP contribution is 2.54. The van der Waals surface area contributed by atoms with Crippen LogP contribution in [0.25, 0.3) is 0 Å². The summed E-state index contributed by atoms with van der Waals surface area (Å²) in [5.74, 6) is 0. The number of rotatable bonds is 2. The third-order valence-corrected chi connectivity index (χ3v) is 5.97. The van der Waals surface area contributed by atoms with Crippen LogP contribution in [0.2, 0.25) is 0 Å². The molecule has 4 rings (SSSR count). The molecule has 2 atom stereocenters. The number of amidine groups is 1. The fraction of sp³-hybridized carbons (Fsp3) is 0.316. The van der Waals surface area contributed by atoms with Gasteiger partial charge in [0.25, 0.3) is 0 Å². The first-order valence-corrected chi connectivity index (χ1v) is 9.00. The van der Waals surface area contributed by atoms with Crippen molar-refractivity contribution in [3.63, 3.8) is 0 Å². The molecule has 0 amide bonds. The number of thioether (sulfide) groups is 1. The number of benzene rings is 2. The van der Waals surface area contributed by atoms with Gasteiger partial charge in [-0.1, -0.05) is 72.4 Å². The van der Waals surface area contributed by atoms with E-state index in [-0.39, 0.29) is 5.25 Å². The molecule has 1 saturated heterocycles. The maximum Gasteiger partial charge on any atom is 0.182 e. The van der Waals surface area contributed by atoms with Crippen molar-refractivity contribution in [3.05, 3.63) is 71.8 Å². The van der Waals surface area contributed by atoms with Crippen molar-refractivity contribution in [2.45, 2.75) is 23.8 Å². The zero-order valence-electron chi connectivity index (χ0n) is 12.9. The van der Waals surface area contributed by atoms with Gasteiger partial charge in [0.2, 0.25) is 0 Å². The van der Waals surface area contributed by atoms with Gasteiger partial charge in [-0.3, -0.25) is 4.99 Å². The summed E-state index contributed by atoms with van der Waals surface area (Å²) in [6, 6.07) is 20.3. The first-order chi connectivity index (χ1) is 11.3. The molecule has 2 aromatic rings. The van der Waals surface area contributed by atoms with Crippen LogP contribution < -0.4 is 0 Å². The van der Waals surface area contributed by atoms with Crippen LogP contribution in [0.3, 0.4) is 0 Å². The van der Waals surface area contributed by atoms with Gasteiger partial charge in [0, 0.05) is 18.7 Å². The number of nitrogens with zero attached hydrogens (tertiary/aromatic N) is 2. The summed E-state index contributed by atoms with van der Waals surface area (Å²) in [5.41, 5.74) is 1.03. The Morgan fingerprint density at radius 2 is 1.70 bits per heavy atom. The maximum atomic E-state index is 11.8. The van der Waals surface area contributed by atoms with E-state index in [9.17, 15) is 5.11 Å². The molecule has 0 bridgehead atoms. The standard InChI is InChI=1S/C19H20N2OS/c22-19(16-11-5-2-6-12-16)17(15-9-3-1-4-10-15)23-18-20-13-7-8-14-21(18)19/h1-6,9-12,17,22H,7-8,13-14H2. The van der Waals surface area contributed by atoms with Crippen molar-refractivity contribution in [2.75, 3.05) is 13.1 Å². The van der Waals surface area contributed by atoms with E-state index in [0.29, 0.717) is 0 Å². The van der Waals surface area contributed by atoms with Crippen LogP contribution in [0, 0.1) is 0 Å². The normalized spacial score (nSPS) is 27.3. The Hall–Kier alpha value is -1.78. The summed E-state index contributed by atoms with van der Waals surface area (Å²) in [7, 11) is 0. The van der Waals surface area contributed by atoms with Gasteiger partial charge >= 0.3 is 0 Å². The van der Waals surface area contributed by atoms with Crippen LogP contribution in [0.4, 0.5) is 0 Å². The predicted octanol–water partition coefficient (Wildman–Crippen LogP) is 3.77. The molecule has 0 aromatic heterocycles. The Balaban J connectivity index is 1.86. The molecule has 2 aromatic carbocycles. The lowest BCUT2D eigenvalue weighted by Gasteiger charge is -2.37. The molecule has 2 unspecified atom stereocenters. The minimum Gasteiger partial charge on any atom is -0.365 e. The van der Waals surface area contributed by atoms with E-state index in [1.165, 1.54) is 0 Å². The fourth-order valence-electron chi connectivity index (χ4n) is 3.40. The third kappa shape index (κ3) is 2.46. The van der Waals surface area contributed by atoms with Crippen LogP contribution in [0.5, 0.6) is 0 Å². The lowest BCUT2D eigenvalue weighted by Crippen LogP contribution is -2.46. The zero-order chi connectivity index (χ0) is 15.7. The molecular weight excluding hydrogens is 304 g/mol. The van der Waals surface area contributed by atoms with E-state index >= 15 is 0 Å². The number of hydrogen-bond donors (Lipinski definition) is 1. The molecule has 2 aliphatic heterocycles. The minimum absolute atomic E-state index is 0.0667. The second-order valence-corrected chi connectivity index (χ2v) is 7.10. The molecule has 2 heterocycles. The van der Waals surface area contributed by atoms with Crippen molar-refractivity contribution in [3.8, 4) is 0 Å². The highest BCUT2D eigenvalue weighted by atomic mass is 32.2. The summed E-state index contributed by atoms with van der Waals surface area (Å²) in [6.07, 6.45) is 2.14. The first-order valence-electron chi connectivity index (χ1n) is 8.12. The summed E-state index contributed by atoms with van der Waals surface area (Å²) in [4.78, 5) is 6.84. The molecule has 1 N–H and O–H groups in total. The molecule has 0 aliphatic carbocycles. The topological polar surface area (TPSA) is 35.8 Å². The van der Waals surface area contributed by atoms with E-state index in [0.717, 1.165) is 42.2 Å². The molecule has 0 saturated carbocycles. The minimum atomic E-state index is -1.05. The molecule has 23 heavy (non-hydrogen) atoms. The SMILES string of the molecule is OC1(c2ccccc2)C(c2ccccc2)SC2=NCCCCN21. The molecule has 3 nitrogen and oxygen atoms in total. The number of aliphatic hydroxyl groups is 1. The summed E-state index contributed by atoms with van der Waals surface area (Å²) < 4.78 is 0. The van der Waals surface area contributed by atoms with E-state index in [1.54, 1.807) is 11.8 Å². The molecule has 118 valence electrons. The van der Waals surface area contributed by atoms with Crippen LogP contribution in [-0.2, 0) is 5.72 Å². The molecule has 0 spiro atoms. The first kappa shape index (κ1) is 14.8. The number of fused-ring (bicyclic) bond motifs is 1. The predicted molar refractivity (Wildman–Crippen MR) is 95.4 cm³/mol. The Bertz CT molecular complexity index is 704. The van der Waals surface area contributed by atoms with Crippen LogP contribution >= 0.6 is 11.8 Å². The van der Waals surface area contributed by atoms with Gasteiger partial charge in [-0.15, -0.1) is 0 Å². The van der Waals surface area contributed by atoms with Crippen molar-refractivity contribution >= 4 is 16.9 Å². The second-order valence-electron chi connectivity index (χ2n) is 6.02. The average Bonchev–Trinajstić information content (AvgIpc) is 2.77. The average molecular weight is 324 g/mol. The number of aliphatic imine (C=N–C) groups is 1. The van der Waals surface area contributed by atoms with Crippen LogP contribution in [0.1, 0.15) is 29.2 Å².